The Hall–Kier alpha value is -1.36. The van der Waals surface area contributed by atoms with Gasteiger partial charge in [0.15, 0.2) is 0 Å². The monoisotopic (exact) mass is 381 g/mol. The molecular weight excluding hydrogens is 342 g/mol. The van der Waals surface area contributed by atoms with Crippen molar-refractivity contribution in [1.82, 2.24) is 0 Å². The van der Waals surface area contributed by atoms with Gasteiger partial charge in [-0.2, -0.15) is 0 Å². The van der Waals surface area contributed by atoms with E-state index in [0.717, 1.165) is 64.2 Å². The number of hydrogen-bond donors (Lipinski definition) is 0. The second-order valence-electron chi connectivity index (χ2n) is 7.01. The van der Waals surface area contributed by atoms with Gasteiger partial charge in [0.25, 0.3) is 0 Å². The lowest BCUT2D eigenvalue weighted by atomic mass is 10.0. The molecule has 0 aliphatic rings. The number of allylic oxidation sites excluding steroid dienone is 1. The van der Waals surface area contributed by atoms with E-state index in [2.05, 4.69) is 36.0 Å². The first-order valence-corrected chi connectivity index (χ1v) is 10.5. The predicted octanol–water partition coefficient (Wildman–Crippen LogP) is 6.50. The number of Topliss-reactive ketones (excluding diaryl/α,β-unsaturated/α-hetero) is 1. The van der Waals surface area contributed by atoms with Gasteiger partial charge in [0, 0.05) is 30.9 Å². The summed E-state index contributed by atoms with van der Waals surface area (Å²) in [7, 11) is 1.61. The summed E-state index contributed by atoms with van der Waals surface area (Å²) in [5, 5.41) is 3.88. The molecule has 0 saturated heterocycles. The fraction of sp³-hybridized carbons (Fsp3) is 0.857. The van der Waals surface area contributed by atoms with Crippen LogP contribution in [0, 0.1) is 0 Å². The van der Waals surface area contributed by atoms with Crippen molar-refractivity contribution in [2.24, 2.45) is 5.11 Å². The van der Waals surface area contributed by atoms with Crippen molar-refractivity contribution in [3.05, 3.63) is 22.6 Å². The van der Waals surface area contributed by atoms with Crippen LogP contribution in [-0.2, 0) is 14.3 Å². The first-order chi connectivity index (χ1) is 13.2. The number of methoxy groups -OCH3 is 1. The molecular formula is C21H39N3O3. The Labute approximate surface area is 165 Å². The van der Waals surface area contributed by atoms with E-state index in [1.165, 1.54) is 0 Å². The number of carbonyl (C=O) groups is 1. The number of hydrogen-bond acceptors (Lipinski definition) is 4. The van der Waals surface area contributed by atoms with E-state index < -0.39 is 0 Å². The summed E-state index contributed by atoms with van der Waals surface area (Å²) < 4.78 is 10.6. The van der Waals surface area contributed by atoms with Gasteiger partial charge in [-0.1, -0.05) is 56.8 Å². The van der Waals surface area contributed by atoms with Crippen LogP contribution in [0.3, 0.4) is 0 Å². The van der Waals surface area contributed by atoms with E-state index in [1.54, 1.807) is 7.11 Å². The summed E-state index contributed by atoms with van der Waals surface area (Å²) in [4.78, 5) is 15.1. The van der Waals surface area contributed by atoms with Crippen LogP contribution in [0.5, 0.6) is 0 Å². The Morgan fingerprint density at radius 1 is 1.07 bits per heavy atom. The van der Waals surface area contributed by atoms with Crippen molar-refractivity contribution < 1.29 is 14.3 Å². The van der Waals surface area contributed by atoms with Gasteiger partial charge in [-0.05, 0) is 44.1 Å². The first-order valence-electron chi connectivity index (χ1n) is 10.5. The van der Waals surface area contributed by atoms with Crippen LogP contribution in [0.4, 0.5) is 0 Å². The minimum absolute atomic E-state index is 0.0113. The smallest absolute Gasteiger partial charge is 0.147 e. The molecule has 0 aromatic rings. The number of ketones is 1. The summed E-state index contributed by atoms with van der Waals surface area (Å²) in [5.41, 5.74) is 8.67. The molecule has 6 nitrogen and oxygen atoms in total. The number of nitrogens with zero attached hydrogens (tertiary/aromatic N) is 3. The first kappa shape index (κ1) is 25.6. The summed E-state index contributed by atoms with van der Waals surface area (Å²) >= 11 is 0. The average Bonchev–Trinajstić information content (AvgIpc) is 2.66. The van der Waals surface area contributed by atoms with Gasteiger partial charge < -0.3 is 9.47 Å². The molecule has 0 unspecified atom stereocenters. The molecule has 0 radical (unpaired) electrons. The number of azide groups is 1. The van der Waals surface area contributed by atoms with Gasteiger partial charge in [-0.15, -0.1) is 0 Å². The van der Waals surface area contributed by atoms with Crippen molar-refractivity contribution in [3.63, 3.8) is 0 Å². The van der Waals surface area contributed by atoms with E-state index in [-0.39, 0.29) is 24.7 Å². The van der Waals surface area contributed by atoms with Crippen molar-refractivity contribution in [1.29, 1.82) is 0 Å². The maximum Gasteiger partial charge on any atom is 0.147 e. The Bertz CT molecular complexity index is 434. The highest BCUT2D eigenvalue weighted by molar-refractivity contribution is 5.78. The molecule has 0 rings (SSSR count). The molecule has 0 fully saturated rings. The van der Waals surface area contributed by atoms with Crippen molar-refractivity contribution in [2.75, 3.05) is 13.9 Å². The zero-order valence-corrected chi connectivity index (χ0v) is 17.6. The van der Waals surface area contributed by atoms with Gasteiger partial charge in [-0.3, -0.25) is 4.79 Å². The van der Waals surface area contributed by atoms with E-state index in [4.69, 9.17) is 15.0 Å². The van der Waals surface area contributed by atoms with Gasteiger partial charge in [-0.25, -0.2) is 0 Å². The largest absolute Gasteiger partial charge is 0.359 e. The molecule has 6 heteroatoms. The van der Waals surface area contributed by atoms with Crippen LogP contribution in [0.15, 0.2) is 17.3 Å². The maximum atomic E-state index is 12.1. The Kier molecular flexibility index (Phi) is 18.4. The van der Waals surface area contributed by atoms with E-state index >= 15 is 0 Å². The standard InChI is InChI=1S/C21H39N3O3/c1-4-6-8-12-19(23-24-22)13-10-14-20(25)15-11-17-21(27-18-26-3)16-9-7-5-2/h9,16,19,21H,4-8,10-15,17-18H2,1-3H3/b16-9+/t19-,21-/m1/s1. The Morgan fingerprint density at radius 2 is 1.78 bits per heavy atom. The van der Waals surface area contributed by atoms with Crippen LogP contribution < -0.4 is 0 Å². The molecule has 0 heterocycles. The number of carbonyl (C=O) groups excluding carboxylic acids is 1. The third-order valence-corrected chi connectivity index (χ3v) is 4.50. The second kappa shape index (κ2) is 19.4. The minimum atomic E-state index is 0.0113. The van der Waals surface area contributed by atoms with E-state index in [9.17, 15) is 4.79 Å². The molecule has 0 spiro atoms. The van der Waals surface area contributed by atoms with E-state index in [0.29, 0.717) is 12.8 Å². The average molecular weight is 382 g/mol. The van der Waals surface area contributed by atoms with E-state index in [1.807, 2.05) is 0 Å². The number of ether oxygens (including phenoxy) is 2. The highest BCUT2D eigenvalue weighted by atomic mass is 16.7. The fourth-order valence-electron chi connectivity index (χ4n) is 2.93. The molecule has 0 aliphatic carbocycles. The third-order valence-electron chi connectivity index (χ3n) is 4.50. The topological polar surface area (TPSA) is 84.3 Å². The second-order valence-corrected chi connectivity index (χ2v) is 7.01. The minimum Gasteiger partial charge on any atom is -0.359 e. The number of unbranched alkanes of at least 4 members (excludes halogenated alkanes) is 3. The molecule has 27 heavy (non-hydrogen) atoms. The zero-order chi connectivity index (χ0) is 20.2. The molecule has 0 saturated carbocycles. The molecule has 0 aromatic carbocycles. The van der Waals surface area contributed by atoms with Crippen LogP contribution >= 0.6 is 0 Å². The molecule has 0 bridgehead atoms. The van der Waals surface area contributed by atoms with Gasteiger partial charge in [0.2, 0.25) is 0 Å². The molecule has 156 valence electrons. The quantitative estimate of drug-likeness (QED) is 0.0639. The SMILES string of the molecule is CCC/C=C/[C@H](CCCC(=O)CCC[C@@H](CCCCC)N=[N+]=[N-])OCOC. The fourth-order valence-corrected chi connectivity index (χ4v) is 2.93. The molecule has 0 amide bonds. The van der Waals surface area contributed by atoms with Crippen molar-refractivity contribution >= 4 is 5.78 Å². The van der Waals surface area contributed by atoms with Crippen LogP contribution in [0.25, 0.3) is 10.4 Å². The van der Waals surface area contributed by atoms with Crippen LogP contribution in [0.2, 0.25) is 0 Å². The summed E-state index contributed by atoms with van der Waals surface area (Å²) in [6, 6.07) is 0.0323. The highest BCUT2D eigenvalue weighted by Crippen LogP contribution is 2.15. The molecule has 0 N–H and O–H groups in total. The van der Waals surface area contributed by atoms with Gasteiger partial charge in [0.1, 0.15) is 12.6 Å². The summed E-state index contributed by atoms with van der Waals surface area (Å²) in [5.74, 6) is 0.284. The Balaban J connectivity index is 4.05. The van der Waals surface area contributed by atoms with Crippen molar-refractivity contribution in [2.45, 2.75) is 103 Å². The molecule has 2 atom stereocenters. The van der Waals surface area contributed by atoms with Crippen LogP contribution in [-0.4, -0.2) is 31.8 Å². The lowest BCUT2D eigenvalue weighted by molar-refractivity contribution is -0.119. The van der Waals surface area contributed by atoms with Crippen molar-refractivity contribution in [3.8, 4) is 0 Å². The Morgan fingerprint density at radius 3 is 2.41 bits per heavy atom. The lowest BCUT2D eigenvalue weighted by Crippen LogP contribution is -2.13. The maximum absolute atomic E-state index is 12.1. The van der Waals surface area contributed by atoms with Crippen LogP contribution in [0.1, 0.15) is 90.9 Å². The summed E-state index contributed by atoms with van der Waals surface area (Å²) in [6.45, 7) is 4.57. The molecule has 0 aliphatic heterocycles. The zero-order valence-electron chi connectivity index (χ0n) is 17.6. The lowest BCUT2D eigenvalue weighted by Gasteiger charge is -2.13. The molecule has 0 aromatic heterocycles. The normalized spacial score (nSPS) is 13.4. The highest BCUT2D eigenvalue weighted by Gasteiger charge is 2.10. The summed E-state index contributed by atoms with van der Waals surface area (Å²) in [6.07, 6.45) is 15.1. The number of rotatable bonds is 19. The van der Waals surface area contributed by atoms with Gasteiger partial charge in [0.05, 0.1) is 6.10 Å². The predicted molar refractivity (Wildman–Crippen MR) is 111 cm³/mol. The van der Waals surface area contributed by atoms with Gasteiger partial charge >= 0.3 is 0 Å². The third kappa shape index (κ3) is 16.5.